The Bertz CT molecular complexity index is 151. The third-order valence-corrected chi connectivity index (χ3v) is 2.30. The highest BCUT2D eigenvalue weighted by molar-refractivity contribution is 5.00. The van der Waals surface area contributed by atoms with E-state index >= 15 is 0 Å². The molecule has 0 bridgehead atoms. The summed E-state index contributed by atoms with van der Waals surface area (Å²) in [5.41, 5.74) is 0. The van der Waals surface area contributed by atoms with Crippen LogP contribution >= 0.6 is 0 Å². The lowest BCUT2D eigenvalue weighted by Crippen LogP contribution is -3.01. The van der Waals surface area contributed by atoms with Gasteiger partial charge in [0.25, 0.3) is 0 Å². The maximum Gasteiger partial charge on any atom is 0.0990 e. The summed E-state index contributed by atoms with van der Waals surface area (Å²) in [7, 11) is 0. The lowest BCUT2D eigenvalue weighted by atomic mass is 10.1. The predicted octanol–water partition coefficient (Wildman–Crippen LogP) is -1.11. The Morgan fingerprint density at radius 1 is 0.923 bits per heavy atom. The smallest absolute Gasteiger partial charge is 0.0990 e. The summed E-state index contributed by atoms with van der Waals surface area (Å²) in [5.74, 6) is 0. The number of nitrogens with one attached hydrogen (secondary N) is 1. The molecule has 76 valence electrons. The number of hydrogen-bond donors (Lipinski definition) is 1. The van der Waals surface area contributed by atoms with Gasteiger partial charge in [0.05, 0.1) is 18.9 Å². The van der Waals surface area contributed by atoms with Crippen LogP contribution in [0.25, 0.3) is 0 Å². The van der Waals surface area contributed by atoms with Gasteiger partial charge in [-0.25, -0.2) is 0 Å². The summed E-state index contributed by atoms with van der Waals surface area (Å²) < 4.78 is 0. The van der Waals surface area contributed by atoms with Gasteiger partial charge in [-0.15, -0.1) is 0 Å². The molecule has 0 aromatic heterocycles. The molecule has 1 N–H and O–H groups in total. The summed E-state index contributed by atoms with van der Waals surface area (Å²) in [6, 6.07) is 0. The summed E-state index contributed by atoms with van der Waals surface area (Å²) in [6.07, 6.45) is 15.6. The van der Waals surface area contributed by atoms with Crippen molar-refractivity contribution < 1.29 is 17.3 Å². The largest absolute Gasteiger partial charge is 1.00 e. The van der Waals surface area contributed by atoms with Gasteiger partial charge in [-0.05, 0) is 25.0 Å². The first kappa shape index (κ1) is 12.7. The van der Waals surface area contributed by atoms with Crippen molar-refractivity contribution in [1.82, 2.24) is 0 Å². The first-order valence-corrected chi connectivity index (χ1v) is 5.14. The molecule has 0 saturated heterocycles. The minimum absolute atomic E-state index is 0. The molecule has 1 rings (SSSR count). The van der Waals surface area contributed by atoms with Gasteiger partial charge in [0, 0.05) is 0 Å². The minimum atomic E-state index is 0. The number of halogens is 1. The van der Waals surface area contributed by atoms with E-state index in [-0.39, 0.29) is 12.4 Å². The maximum absolute atomic E-state index is 2.26. The van der Waals surface area contributed by atoms with Gasteiger partial charge >= 0.3 is 0 Å². The van der Waals surface area contributed by atoms with Crippen LogP contribution in [0.2, 0.25) is 0 Å². The molecule has 0 atom stereocenters. The summed E-state index contributed by atoms with van der Waals surface area (Å²) in [5, 5.41) is 0. The number of allylic oxidation sites excluding steroid dienone is 2. The van der Waals surface area contributed by atoms with E-state index in [0.29, 0.717) is 0 Å². The first-order valence-electron chi connectivity index (χ1n) is 5.14. The lowest BCUT2D eigenvalue weighted by Gasteiger charge is -2.05. The van der Waals surface area contributed by atoms with Crippen LogP contribution in [0, 0.1) is 0 Å². The molecule has 13 heavy (non-hydrogen) atoms. The fourth-order valence-corrected chi connectivity index (χ4v) is 1.51. The van der Waals surface area contributed by atoms with Crippen LogP contribution in [0.5, 0.6) is 0 Å². The molecule has 2 heteroatoms. The Kier molecular flexibility index (Phi) is 8.16. The highest BCUT2D eigenvalue weighted by atomic mass is 35.5. The average Bonchev–Trinajstić information content (AvgIpc) is 2.57. The lowest BCUT2D eigenvalue weighted by molar-refractivity contribution is -0.787. The normalized spacial score (nSPS) is 14.8. The summed E-state index contributed by atoms with van der Waals surface area (Å²) >= 11 is 0. The molecule has 1 heterocycles. The number of unbranched alkanes of at least 4 members (excludes halogenated alkanes) is 4. The van der Waals surface area contributed by atoms with Crippen LogP contribution < -0.4 is 17.3 Å². The molecule has 0 unspecified atom stereocenters. The zero-order chi connectivity index (χ0) is 8.65. The molecule has 0 aliphatic carbocycles. The van der Waals surface area contributed by atoms with E-state index in [2.05, 4.69) is 31.5 Å². The fourth-order valence-electron chi connectivity index (χ4n) is 1.51. The van der Waals surface area contributed by atoms with Crippen molar-refractivity contribution in [1.29, 1.82) is 0 Å². The van der Waals surface area contributed by atoms with Gasteiger partial charge in [0.15, 0.2) is 0 Å². The van der Waals surface area contributed by atoms with Crippen LogP contribution in [0.15, 0.2) is 24.6 Å². The topological polar surface area (TPSA) is 4.44 Å². The van der Waals surface area contributed by atoms with Gasteiger partial charge in [-0.3, -0.25) is 4.90 Å². The van der Waals surface area contributed by atoms with Crippen molar-refractivity contribution in [3.05, 3.63) is 24.6 Å². The number of hydrogen-bond acceptors (Lipinski definition) is 0. The highest BCUT2D eigenvalue weighted by Gasteiger charge is 2.02. The molecule has 0 aromatic carbocycles. The van der Waals surface area contributed by atoms with Gasteiger partial charge in [-0.2, -0.15) is 0 Å². The number of rotatable bonds is 6. The standard InChI is InChI=1S/C11H19N.ClH/c1-2-3-4-5-6-9-12-10-7-8-11-12;/h7-8,10-11H,2-6,9H2,1H3;1H. The van der Waals surface area contributed by atoms with E-state index in [9.17, 15) is 0 Å². The Balaban J connectivity index is 0.00000144. The van der Waals surface area contributed by atoms with Crippen LogP contribution in [-0.4, -0.2) is 6.54 Å². The van der Waals surface area contributed by atoms with Crippen molar-refractivity contribution in [2.75, 3.05) is 6.54 Å². The Labute approximate surface area is 87.9 Å². The van der Waals surface area contributed by atoms with Crippen molar-refractivity contribution >= 4 is 0 Å². The third-order valence-electron chi connectivity index (χ3n) is 2.30. The zero-order valence-corrected chi connectivity index (χ0v) is 9.19. The number of quaternary nitrogens is 1. The molecule has 0 fully saturated rings. The molecule has 0 saturated carbocycles. The molecule has 0 spiro atoms. The molecular formula is C11H20ClN. The first-order chi connectivity index (χ1) is 5.93. The molecule has 1 aliphatic rings. The third kappa shape index (κ3) is 5.89. The predicted molar refractivity (Wildman–Crippen MR) is 52.9 cm³/mol. The monoisotopic (exact) mass is 201 g/mol. The molecular weight excluding hydrogens is 182 g/mol. The quantitative estimate of drug-likeness (QED) is 0.520. The fraction of sp³-hybridized carbons (Fsp3) is 0.636. The van der Waals surface area contributed by atoms with Gasteiger partial charge in [0.2, 0.25) is 0 Å². The van der Waals surface area contributed by atoms with E-state index in [1.54, 1.807) is 0 Å². The van der Waals surface area contributed by atoms with Crippen molar-refractivity contribution in [3.8, 4) is 0 Å². The van der Waals surface area contributed by atoms with E-state index in [1.807, 2.05) is 0 Å². The Morgan fingerprint density at radius 3 is 2.15 bits per heavy atom. The van der Waals surface area contributed by atoms with Crippen molar-refractivity contribution in [2.24, 2.45) is 0 Å². The van der Waals surface area contributed by atoms with E-state index in [1.165, 1.54) is 43.5 Å². The SMILES string of the molecule is CCCCCCC[NH+]1C=CC=C1.[Cl-]. The maximum atomic E-state index is 2.26. The van der Waals surface area contributed by atoms with Crippen molar-refractivity contribution in [2.45, 2.75) is 39.0 Å². The molecule has 0 radical (unpaired) electrons. The molecule has 0 amide bonds. The van der Waals surface area contributed by atoms with Gasteiger partial charge < -0.3 is 12.4 Å². The van der Waals surface area contributed by atoms with Crippen molar-refractivity contribution in [3.63, 3.8) is 0 Å². The summed E-state index contributed by atoms with van der Waals surface area (Å²) in [4.78, 5) is 1.51. The second-order valence-electron chi connectivity index (χ2n) is 3.46. The van der Waals surface area contributed by atoms with E-state index < -0.39 is 0 Å². The van der Waals surface area contributed by atoms with E-state index in [0.717, 1.165) is 0 Å². The second-order valence-corrected chi connectivity index (χ2v) is 3.46. The van der Waals surface area contributed by atoms with Gasteiger partial charge in [-0.1, -0.05) is 26.2 Å². The highest BCUT2D eigenvalue weighted by Crippen LogP contribution is 2.00. The zero-order valence-electron chi connectivity index (χ0n) is 8.43. The second kappa shape index (κ2) is 8.33. The minimum Gasteiger partial charge on any atom is -1.00 e. The summed E-state index contributed by atoms with van der Waals surface area (Å²) in [6.45, 7) is 3.54. The van der Waals surface area contributed by atoms with Crippen LogP contribution in [0.3, 0.4) is 0 Å². The average molecular weight is 202 g/mol. The van der Waals surface area contributed by atoms with Gasteiger partial charge in [0.1, 0.15) is 0 Å². The molecule has 1 aliphatic heterocycles. The van der Waals surface area contributed by atoms with Crippen LogP contribution in [-0.2, 0) is 0 Å². The Hall–Kier alpha value is -0.270. The molecule has 1 nitrogen and oxygen atoms in total. The van der Waals surface area contributed by atoms with Crippen LogP contribution in [0.1, 0.15) is 39.0 Å². The van der Waals surface area contributed by atoms with E-state index in [4.69, 9.17) is 0 Å². The Morgan fingerprint density at radius 2 is 1.54 bits per heavy atom. The van der Waals surface area contributed by atoms with Crippen LogP contribution in [0.4, 0.5) is 0 Å². The molecule has 0 aromatic rings.